The van der Waals surface area contributed by atoms with Crippen LogP contribution in [-0.2, 0) is 16.0 Å². The first-order chi connectivity index (χ1) is 10.7. The van der Waals surface area contributed by atoms with Crippen molar-refractivity contribution in [2.75, 3.05) is 6.54 Å². The Hall–Kier alpha value is -1.86. The third-order valence-corrected chi connectivity index (χ3v) is 5.78. The van der Waals surface area contributed by atoms with Crippen molar-refractivity contribution in [1.82, 2.24) is 0 Å². The maximum absolute atomic E-state index is 12.7. The van der Waals surface area contributed by atoms with Crippen molar-refractivity contribution in [2.24, 2.45) is 0 Å². The molecule has 3 N–H and O–H groups in total. The largest absolute Gasteiger partial charge is 0.416 e. The van der Waals surface area contributed by atoms with Gasteiger partial charge >= 0.3 is 6.18 Å². The molecule has 3 nitrogen and oxygen atoms in total. The first-order valence-electron chi connectivity index (χ1n) is 6.93. The zero-order valence-electron chi connectivity index (χ0n) is 12.5. The highest BCUT2D eigenvalue weighted by atomic mass is 32.2. The summed E-state index contributed by atoms with van der Waals surface area (Å²) in [5.41, 5.74) is 4.05. The Morgan fingerprint density at radius 2 is 1.52 bits per heavy atom. The van der Waals surface area contributed by atoms with Crippen molar-refractivity contribution in [3.05, 3.63) is 65.2 Å². The van der Waals surface area contributed by atoms with Gasteiger partial charge < -0.3 is 5.73 Å². The van der Waals surface area contributed by atoms with Crippen LogP contribution in [0.2, 0.25) is 0 Å². The standard InChI is InChI=1S/C16H16F3NO2S/c1-11-2-8-14(9-3-11)23(21,22)15(10-20)12-4-6-13(7-5-12)16(17,18)19/h2-9,15H,10,20H2,1H3/p+1/t15-/m1/s1. The minimum atomic E-state index is -4.45. The Labute approximate surface area is 132 Å². The van der Waals surface area contributed by atoms with Gasteiger partial charge in [-0.2, -0.15) is 13.2 Å². The topological polar surface area (TPSA) is 61.8 Å². The molecule has 124 valence electrons. The summed E-state index contributed by atoms with van der Waals surface area (Å²) in [6.07, 6.45) is -4.45. The van der Waals surface area contributed by atoms with Crippen molar-refractivity contribution in [3.8, 4) is 0 Å². The minimum absolute atomic E-state index is 0.0293. The molecule has 2 aromatic rings. The van der Waals surface area contributed by atoms with Crippen molar-refractivity contribution in [3.63, 3.8) is 0 Å². The summed E-state index contributed by atoms with van der Waals surface area (Å²) < 4.78 is 63.2. The summed E-state index contributed by atoms with van der Waals surface area (Å²) >= 11 is 0. The molecule has 0 saturated carbocycles. The lowest BCUT2D eigenvalue weighted by atomic mass is 10.1. The maximum atomic E-state index is 12.7. The Balaban J connectivity index is 2.41. The van der Waals surface area contributed by atoms with Gasteiger partial charge in [-0.15, -0.1) is 0 Å². The van der Waals surface area contributed by atoms with Crippen LogP contribution < -0.4 is 5.73 Å². The van der Waals surface area contributed by atoms with E-state index in [2.05, 4.69) is 5.73 Å². The Bertz CT molecular complexity index is 766. The van der Waals surface area contributed by atoms with Crippen molar-refractivity contribution >= 4 is 9.84 Å². The SMILES string of the molecule is Cc1ccc(S(=O)(=O)[C@H](C[NH3+])c2ccc(C(F)(F)F)cc2)cc1. The van der Waals surface area contributed by atoms with Gasteiger partial charge in [-0.05, 0) is 36.8 Å². The van der Waals surface area contributed by atoms with Crippen LogP contribution in [0.5, 0.6) is 0 Å². The smallest absolute Gasteiger partial charge is 0.356 e. The summed E-state index contributed by atoms with van der Waals surface area (Å²) in [6.45, 7) is 1.87. The maximum Gasteiger partial charge on any atom is 0.416 e. The van der Waals surface area contributed by atoms with E-state index in [1.807, 2.05) is 6.92 Å². The highest BCUT2D eigenvalue weighted by Crippen LogP contribution is 2.32. The molecular formula is C16H17F3NO2S+. The number of rotatable bonds is 4. The fourth-order valence-electron chi connectivity index (χ4n) is 2.28. The van der Waals surface area contributed by atoms with E-state index in [0.717, 1.165) is 17.7 Å². The van der Waals surface area contributed by atoms with Crippen molar-refractivity contribution in [2.45, 2.75) is 23.2 Å². The lowest BCUT2D eigenvalue weighted by molar-refractivity contribution is -0.367. The van der Waals surface area contributed by atoms with Gasteiger partial charge in [0.05, 0.1) is 17.0 Å². The molecule has 0 amide bonds. The molecule has 0 fully saturated rings. The van der Waals surface area contributed by atoms with Crippen LogP contribution >= 0.6 is 0 Å². The first kappa shape index (κ1) is 17.5. The average molecular weight is 344 g/mol. The number of halogens is 3. The molecule has 0 aromatic heterocycles. The summed E-state index contributed by atoms with van der Waals surface area (Å²) in [5.74, 6) is 0. The second-order valence-corrected chi connectivity index (χ2v) is 7.39. The Kier molecular flexibility index (Phi) is 4.81. The number of hydrogen-bond donors (Lipinski definition) is 1. The number of quaternary nitrogens is 1. The van der Waals surface area contributed by atoms with Gasteiger partial charge in [0.15, 0.2) is 9.84 Å². The van der Waals surface area contributed by atoms with Crippen LogP contribution in [0.25, 0.3) is 0 Å². The number of sulfone groups is 1. The van der Waals surface area contributed by atoms with Gasteiger partial charge in [-0.3, -0.25) is 0 Å². The number of aryl methyl sites for hydroxylation is 1. The van der Waals surface area contributed by atoms with E-state index in [9.17, 15) is 21.6 Å². The lowest BCUT2D eigenvalue weighted by Gasteiger charge is -2.16. The number of alkyl halides is 3. The summed E-state index contributed by atoms with van der Waals surface area (Å²) in [7, 11) is -3.71. The van der Waals surface area contributed by atoms with Crippen LogP contribution in [0.4, 0.5) is 13.2 Å². The fourth-order valence-corrected chi connectivity index (χ4v) is 3.95. The summed E-state index contributed by atoms with van der Waals surface area (Å²) in [6, 6.07) is 10.5. The van der Waals surface area contributed by atoms with E-state index in [-0.39, 0.29) is 11.4 Å². The molecule has 0 aliphatic rings. The summed E-state index contributed by atoms with van der Waals surface area (Å²) in [5, 5.41) is -0.979. The Morgan fingerprint density at radius 3 is 1.96 bits per heavy atom. The van der Waals surface area contributed by atoms with E-state index in [0.29, 0.717) is 5.56 Å². The molecule has 0 spiro atoms. The quantitative estimate of drug-likeness (QED) is 0.927. The molecule has 0 saturated heterocycles. The molecule has 0 aliphatic carbocycles. The fraction of sp³-hybridized carbons (Fsp3) is 0.250. The number of hydrogen-bond acceptors (Lipinski definition) is 2. The summed E-state index contributed by atoms with van der Waals surface area (Å²) in [4.78, 5) is 0.136. The van der Waals surface area contributed by atoms with Crippen LogP contribution in [0, 0.1) is 6.92 Å². The first-order valence-corrected chi connectivity index (χ1v) is 8.48. The van der Waals surface area contributed by atoms with E-state index >= 15 is 0 Å². The molecule has 0 heterocycles. The molecule has 0 radical (unpaired) electrons. The van der Waals surface area contributed by atoms with Gasteiger partial charge in [0.2, 0.25) is 0 Å². The van der Waals surface area contributed by atoms with Crippen LogP contribution in [-0.4, -0.2) is 15.0 Å². The second-order valence-electron chi connectivity index (χ2n) is 5.26. The average Bonchev–Trinajstić information content (AvgIpc) is 2.48. The van der Waals surface area contributed by atoms with Gasteiger partial charge in [-0.1, -0.05) is 29.8 Å². The second kappa shape index (κ2) is 6.33. The molecule has 7 heteroatoms. The van der Waals surface area contributed by atoms with Gasteiger partial charge in [-0.25, -0.2) is 8.42 Å². The molecule has 0 aliphatic heterocycles. The Morgan fingerprint density at radius 1 is 1.00 bits per heavy atom. The van der Waals surface area contributed by atoms with Gasteiger partial charge in [0.1, 0.15) is 5.25 Å². The highest BCUT2D eigenvalue weighted by Gasteiger charge is 2.33. The monoisotopic (exact) mass is 344 g/mol. The van der Waals surface area contributed by atoms with Crippen LogP contribution in [0.3, 0.4) is 0 Å². The lowest BCUT2D eigenvalue weighted by Crippen LogP contribution is -2.54. The van der Waals surface area contributed by atoms with Crippen molar-refractivity contribution < 1.29 is 27.3 Å². The van der Waals surface area contributed by atoms with Crippen molar-refractivity contribution in [1.29, 1.82) is 0 Å². The van der Waals surface area contributed by atoms with Crippen LogP contribution in [0.15, 0.2) is 53.4 Å². The van der Waals surface area contributed by atoms with E-state index in [4.69, 9.17) is 0 Å². The molecule has 23 heavy (non-hydrogen) atoms. The van der Waals surface area contributed by atoms with Gasteiger partial charge in [0.25, 0.3) is 0 Å². The third-order valence-electron chi connectivity index (χ3n) is 3.60. The minimum Gasteiger partial charge on any atom is -0.356 e. The molecule has 1 atom stereocenters. The van der Waals surface area contributed by atoms with E-state index < -0.39 is 26.8 Å². The normalized spacial score (nSPS) is 13.8. The zero-order valence-corrected chi connectivity index (χ0v) is 13.3. The van der Waals surface area contributed by atoms with Crippen LogP contribution in [0.1, 0.15) is 21.9 Å². The predicted molar refractivity (Wildman–Crippen MR) is 80.3 cm³/mol. The zero-order chi connectivity index (χ0) is 17.3. The third kappa shape index (κ3) is 3.73. The van der Waals surface area contributed by atoms with E-state index in [1.165, 1.54) is 24.3 Å². The van der Waals surface area contributed by atoms with E-state index in [1.54, 1.807) is 12.1 Å². The molecule has 0 unspecified atom stereocenters. The molecule has 2 aromatic carbocycles. The molecule has 0 bridgehead atoms. The number of benzene rings is 2. The molecule has 2 rings (SSSR count). The molecular weight excluding hydrogens is 327 g/mol. The highest BCUT2D eigenvalue weighted by molar-refractivity contribution is 7.91. The van der Waals surface area contributed by atoms with Gasteiger partial charge in [0, 0.05) is 0 Å². The predicted octanol–water partition coefficient (Wildman–Crippen LogP) is 2.77.